The van der Waals surface area contributed by atoms with Crippen molar-refractivity contribution < 1.29 is 0 Å². The molecule has 2 nitrogen and oxygen atoms in total. The summed E-state index contributed by atoms with van der Waals surface area (Å²) in [5.41, 5.74) is 1.65. The minimum absolute atomic E-state index is 0.215. The Bertz CT molecular complexity index is 176. The molecule has 0 aromatic rings. The Morgan fingerprint density at radius 3 is 2.09 bits per heavy atom. The molecule has 0 bridgehead atoms. The molecule has 0 saturated heterocycles. The maximum atomic E-state index is 2.28. The molecule has 0 atom stereocenters. The molecule has 0 fully saturated rings. The highest BCUT2D eigenvalue weighted by Gasteiger charge is 2.26. The van der Waals surface area contributed by atoms with Crippen LogP contribution in [0.4, 0.5) is 0 Å². The zero-order chi connectivity index (χ0) is 8.65. The smallest absolute Gasteiger partial charge is 0.0475 e. The van der Waals surface area contributed by atoms with Crippen LogP contribution in [0, 0.1) is 0 Å². The number of hydrogen-bond donors (Lipinski definition) is 0. The number of nitrogens with zero attached hydrogens (tertiary/aromatic N) is 2. The predicted molar refractivity (Wildman–Crippen MR) is 48.0 cm³/mol. The van der Waals surface area contributed by atoms with E-state index in [2.05, 4.69) is 51.0 Å². The summed E-state index contributed by atoms with van der Waals surface area (Å²) in [4.78, 5) is 0. The van der Waals surface area contributed by atoms with Gasteiger partial charge in [-0.25, -0.2) is 5.01 Å². The lowest BCUT2D eigenvalue weighted by atomic mass is 10.1. The van der Waals surface area contributed by atoms with Crippen molar-refractivity contribution in [2.75, 3.05) is 13.6 Å². The van der Waals surface area contributed by atoms with Crippen LogP contribution >= 0.6 is 0 Å². The molecule has 1 rings (SSSR count). The summed E-state index contributed by atoms with van der Waals surface area (Å²) in [6, 6.07) is 0. The summed E-state index contributed by atoms with van der Waals surface area (Å²) in [7, 11) is 2.12. The summed E-state index contributed by atoms with van der Waals surface area (Å²) in [6.45, 7) is 9.90. The molecule has 1 heterocycles. The van der Waals surface area contributed by atoms with Crippen molar-refractivity contribution >= 4 is 0 Å². The first-order valence-corrected chi connectivity index (χ1v) is 4.09. The van der Waals surface area contributed by atoms with Crippen molar-refractivity contribution in [3.8, 4) is 0 Å². The molecule has 64 valence electrons. The van der Waals surface area contributed by atoms with Crippen molar-refractivity contribution in [3.63, 3.8) is 0 Å². The summed E-state index contributed by atoms with van der Waals surface area (Å²) in [5, 5.41) is 4.53. The van der Waals surface area contributed by atoms with E-state index in [4.69, 9.17) is 0 Å². The Labute approximate surface area is 69.5 Å². The summed E-state index contributed by atoms with van der Waals surface area (Å²) < 4.78 is 0. The van der Waals surface area contributed by atoms with E-state index in [-0.39, 0.29) is 5.54 Å². The Kier molecular flexibility index (Phi) is 1.97. The van der Waals surface area contributed by atoms with Crippen molar-refractivity contribution in [1.29, 1.82) is 0 Å². The molecule has 1 aliphatic rings. The van der Waals surface area contributed by atoms with Gasteiger partial charge in [-0.3, -0.25) is 0 Å². The van der Waals surface area contributed by atoms with Gasteiger partial charge >= 0.3 is 0 Å². The van der Waals surface area contributed by atoms with Crippen LogP contribution in [-0.2, 0) is 0 Å². The van der Waals surface area contributed by atoms with Crippen LogP contribution < -0.4 is 0 Å². The molecule has 0 unspecified atom stereocenters. The lowest BCUT2D eigenvalue weighted by Crippen LogP contribution is -2.44. The van der Waals surface area contributed by atoms with E-state index in [0.29, 0.717) is 0 Å². The zero-order valence-corrected chi connectivity index (χ0v) is 8.18. The second kappa shape index (κ2) is 2.52. The summed E-state index contributed by atoms with van der Waals surface area (Å²) in [6.07, 6.45) is 2.22. The average Bonchev–Trinajstić information content (AvgIpc) is 2.08. The van der Waals surface area contributed by atoms with Crippen LogP contribution in [0.1, 0.15) is 27.7 Å². The van der Waals surface area contributed by atoms with E-state index in [1.807, 2.05) is 0 Å². The van der Waals surface area contributed by atoms with E-state index in [0.717, 1.165) is 6.54 Å². The van der Waals surface area contributed by atoms with Crippen LogP contribution in [0.2, 0.25) is 0 Å². The highest BCUT2D eigenvalue weighted by molar-refractivity contribution is 5.07. The van der Waals surface area contributed by atoms with Crippen LogP contribution in [0.15, 0.2) is 11.8 Å². The lowest BCUT2D eigenvalue weighted by molar-refractivity contribution is 0.0000582. The van der Waals surface area contributed by atoms with Gasteiger partial charge in [0.1, 0.15) is 0 Å². The van der Waals surface area contributed by atoms with Gasteiger partial charge in [0.05, 0.1) is 0 Å². The first kappa shape index (κ1) is 8.60. The number of hydrogen-bond acceptors (Lipinski definition) is 2. The molecule has 0 saturated carbocycles. The van der Waals surface area contributed by atoms with Gasteiger partial charge in [0.25, 0.3) is 0 Å². The fourth-order valence-electron chi connectivity index (χ4n) is 1.49. The van der Waals surface area contributed by atoms with Gasteiger partial charge in [-0.2, -0.15) is 0 Å². The lowest BCUT2D eigenvalue weighted by Gasteiger charge is -2.37. The molecule has 0 aromatic heterocycles. The molecular weight excluding hydrogens is 136 g/mol. The van der Waals surface area contributed by atoms with Crippen molar-refractivity contribution in [2.45, 2.75) is 33.2 Å². The summed E-state index contributed by atoms with van der Waals surface area (Å²) in [5.74, 6) is 0. The minimum Gasteiger partial charge on any atom is -0.308 e. The van der Waals surface area contributed by atoms with Gasteiger partial charge in [-0.05, 0) is 33.3 Å². The molecule has 0 N–H and O–H groups in total. The normalized spacial score (nSPS) is 20.8. The Morgan fingerprint density at radius 1 is 1.36 bits per heavy atom. The van der Waals surface area contributed by atoms with Crippen LogP contribution in [-0.4, -0.2) is 29.1 Å². The Hall–Kier alpha value is -0.500. The van der Waals surface area contributed by atoms with Crippen LogP contribution in [0.5, 0.6) is 0 Å². The van der Waals surface area contributed by atoms with Crippen molar-refractivity contribution in [3.05, 3.63) is 11.8 Å². The van der Waals surface area contributed by atoms with Gasteiger partial charge in [0.15, 0.2) is 0 Å². The molecule has 0 radical (unpaired) electrons. The molecule has 1 aliphatic heterocycles. The van der Waals surface area contributed by atoms with E-state index in [9.17, 15) is 0 Å². The van der Waals surface area contributed by atoms with Gasteiger partial charge in [-0.15, -0.1) is 0 Å². The SMILES string of the molecule is CC1=CN(C(C)(C)C)N(C)C1. The predicted octanol–water partition coefficient (Wildman–Crippen LogP) is 1.85. The molecule has 0 aromatic carbocycles. The quantitative estimate of drug-likeness (QED) is 0.525. The fraction of sp³-hybridized carbons (Fsp3) is 0.778. The van der Waals surface area contributed by atoms with Gasteiger partial charge < -0.3 is 5.01 Å². The van der Waals surface area contributed by atoms with Crippen molar-refractivity contribution in [1.82, 2.24) is 10.0 Å². The third-order valence-corrected chi connectivity index (χ3v) is 1.88. The zero-order valence-electron chi connectivity index (χ0n) is 8.18. The van der Waals surface area contributed by atoms with E-state index in [1.165, 1.54) is 5.57 Å². The largest absolute Gasteiger partial charge is 0.308 e. The Balaban J connectivity index is 2.74. The van der Waals surface area contributed by atoms with Crippen molar-refractivity contribution in [2.24, 2.45) is 0 Å². The highest BCUT2D eigenvalue weighted by atomic mass is 15.6. The maximum Gasteiger partial charge on any atom is 0.0475 e. The summed E-state index contributed by atoms with van der Waals surface area (Å²) >= 11 is 0. The third kappa shape index (κ3) is 1.74. The molecule has 0 aliphatic carbocycles. The van der Waals surface area contributed by atoms with E-state index in [1.54, 1.807) is 0 Å². The maximum absolute atomic E-state index is 2.28. The fourth-order valence-corrected chi connectivity index (χ4v) is 1.49. The second-order valence-electron chi connectivity index (χ2n) is 4.31. The monoisotopic (exact) mass is 154 g/mol. The van der Waals surface area contributed by atoms with E-state index >= 15 is 0 Å². The minimum atomic E-state index is 0.215. The molecule has 0 spiro atoms. The number of likely N-dealkylation sites (N-methyl/N-ethyl adjacent to an activating group) is 1. The Morgan fingerprint density at radius 2 is 1.91 bits per heavy atom. The molecular formula is C9H18N2. The van der Waals surface area contributed by atoms with Gasteiger partial charge in [0.2, 0.25) is 0 Å². The molecule has 11 heavy (non-hydrogen) atoms. The highest BCUT2D eigenvalue weighted by Crippen LogP contribution is 2.22. The molecule has 2 heteroatoms. The third-order valence-electron chi connectivity index (χ3n) is 1.88. The second-order valence-corrected chi connectivity index (χ2v) is 4.31. The van der Waals surface area contributed by atoms with Gasteiger partial charge in [-0.1, -0.05) is 0 Å². The van der Waals surface area contributed by atoms with Crippen LogP contribution in [0.25, 0.3) is 0 Å². The van der Waals surface area contributed by atoms with Gasteiger partial charge in [0, 0.05) is 25.3 Å². The standard InChI is InChI=1S/C9H18N2/c1-8-6-10(5)11(7-8)9(2,3)4/h7H,6H2,1-5H3. The first-order chi connectivity index (χ1) is 4.91. The first-order valence-electron chi connectivity index (χ1n) is 4.09. The average molecular weight is 154 g/mol. The molecule has 0 amide bonds. The van der Waals surface area contributed by atoms with E-state index < -0.39 is 0 Å². The number of rotatable bonds is 0. The number of hydrazine groups is 1. The van der Waals surface area contributed by atoms with Crippen LogP contribution in [0.3, 0.4) is 0 Å². The topological polar surface area (TPSA) is 6.48 Å².